The summed E-state index contributed by atoms with van der Waals surface area (Å²) in [4.78, 5) is 53.2. The fraction of sp³-hybridized carbons (Fsp3) is 0.852. The van der Waals surface area contributed by atoms with Crippen LogP contribution in [0.25, 0.3) is 0 Å². The van der Waals surface area contributed by atoms with E-state index in [-0.39, 0.29) is 19.6 Å². The third-order valence-electron chi connectivity index (χ3n) is 7.67. The molecule has 10 nitrogen and oxygen atoms in total. The molecule has 0 aliphatic rings. The summed E-state index contributed by atoms with van der Waals surface area (Å²) in [7, 11) is 3.74. The molecule has 5 N–H and O–H groups in total. The minimum absolute atomic E-state index is 0.0126. The molecule has 0 aromatic carbocycles. The van der Waals surface area contributed by atoms with Crippen LogP contribution in [-0.2, 0) is 19.2 Å². The molecular weight excluding hydrogens is 478 g/mol. The first-order valence-corrected chi connectivity index (χ1v) is 13.0. The molecule has 0 aromatic rings. The number of rotatable bonds is 17. The van der Waals surface area contributed by atoms with Gasteiger partial charge in [-0.25, -0.2) is 0 Å². The molecule has 0 aromatic heterocycles. The predicted octanol–water partition coefficient (Wildman–Crippen LogP) is 2.31. The number of nitrogens with one attached hydrogen (secondary N) is 2. The Balaban J connectivity index is 6.48. The number of aliphatic hydroxyl groups excluding tert-OH is 1. The highest BCUT2D eigenvalue weighted by Gasteiger charge is 2.53. The number of carboxylic acid groups (broad SMARTS) is 2. The average molecular weight is 530 g/mol. The van der Waals surface area contributed by atoms with Crippen molar-refractivity contribution in [1.82, 2.24) is 15.5 Å². The Morgan fingerprint density at radius 2 is 1.22 bits per heavy atom. The highest BCUT2D eigenvalue weighted by atomic mass is 16.4. The van der Waals surface area contributed by atoms with Crippen molar-refractivity contribution < 1.29 is 34.5 Å². The van der Waals surface area contributed by atoms with Crippen molar-refractivity contribution >= 4 is 23.8 Å². The van der Waals surface area contributed by atoms with Crippen molar-refractivity contribution in [1.29, 1.82) is 0 Å². The van der Waals surface area contributed by atoms with Gasteiger partial charge in [-0.05, 0) is 36.8 Å². The zero-order chi connectivity index (χ0) is 29.4. The van der Waals surface area contributed by atoms with Crippen LogP contribution in [0.3, 0.4) is 0 Å². The van der Waals surface area contributed by atoms with E-state index in [1.54, 1.807) is 27.7 Å². The standard InChI is InChI=1S/C27H51N3O7/c1-11-25(3,4)19(22(33)29-13-15-31)20(24(36)37)27(7,8)16-26(5,6)18(17(2)23(34)35)21(32)28-12-14-30(9)10/h17-20,31H,11-16H2,1-10H3,(H,28,32)(H,29,33)(H,34,35)(H,36,37). The topological polar surface area (TPSA) is 156 Å². The molecule has 0 fully saturated rings. The van der Waals surface area contributed by atoms with Gasteiger partial charge in [-0.1, -0.05) is 61.8 Å². The summed E-state index contributed by atoms with van der Waals surface area (Å²) in [6.07, 6.45) is 0.727. The number of amides is 2. The Morgan fingerprint density at radius 1 is 0.757 bits per heavy atom. The minimum Gasteiger partial charge on any atom is -0.481 e. The quantitative estimate of drug-likeness (QED) is 0.192. The summed E-state index contributed by atoms with van der Waals surface area (Å²) in [5.41, 5.74) is -2.59. The summed E-state index contributed by atoms with van der Waals surface area (Å²) in [6.45, 7) is 14.9. The minimum atomic E-state index is -1.13. The number of aliphatic hydroxyl groups is 1. The first-order chi connectivity index (χ1) is 16.8. The van der Waals surface area contributed by atoms with Crippen molar-refractivity contribution in [3.8, 4) is 0 Å². The molecular formula is C27H51N3O7. The van der Waals surface area contributed by atoms with Gasteiger partial charge in [0.15, 0.2) is 0 Å². The average Bonchev–Trinajstić information content (AvgIpc) is 2.73. The maximum Gasteiger partial charge on any atom is 0.307 e. The third kappa shape index (κ3) is 9.89. The van der Waals surface area contributed by atoms with E-state index in [1.807, 2.05) is 39.8 Å². The normalized spacial score (nSPS) is 16.0. The van der Waals surface area contributed by atoms with E-state index in [2.05, 4.69) is 10.6 Å². The van der Waals surface area contributed by atoms with Gasteiger partial charge in [-0.15, -0.1) is 0 Å². The maximum atomic E-state index is 13.3. The lowest BCUT2D eigenvalue weighted by molar-refractivity contribution is -0.161. The molecule has 4 unspecified atom stereocenters. The van der Waals surface area contributed by atoms with E-state index in [0.717, 1.165) is 0 Å². The van der Waals surface area contributed by atoms with Crippen LogP contribution in [0.5, 0.6) is 0 Å². The van der Waals surface area contributed by atoms with Crippen LogP contribution in [0.4, 0.5) is 0 Å². The van der Waals surface area contributed by atoms with Gasteiger partial charge < -0.3 is 30.9 Å². The second-order valence-electron chi connectivity index (χ2n) is 12.5. The Bertz CT molecular complexity index is 793. The van der Waals surface area contributed by atoms with E-state index in [4.69, 9.17) is 0 Å². The van der Waals surface area contributed by atoms with Gasteiger partial charge in [-0.3, -0.25) is 19.2 Å². The van der Waals surface area contributed by atoms with Crippen LogP contribution in [0.15, 0.2) is 0 Å². The molecule has 10 heteroatoms. The number of hydrogen-bond donors (Lipinski definition) is 5. The van der Waals surface area contributed by atoms with Crippen LogP contribution in [0.2, 0.25) is 0 Å². The van der Waals surface area contributed by atoms with Gasteiger partial charge in [0.1, 0.15) is 0 Å². The lowest BCUT2D eigenvalue weighted by atomic mass is 9.56. The Morgan fingerprint density at radius 3 is 1.62 bits per heavy atom. The molecule has 0 heterocycles. The van der Waals surface area contributed by atoms with Crippen molar-refractivity contribution in [2.45, 2.75) is 68.2 Å². The van der Waals surface area contributed by atoms with Gasteiger partial charge >= 0.3 is 11.9 Å². The highest BCUT2D eigenvalue weighted by molar-refractivity contribution is 5.86. The van der Waals surface area contributed by atoms with E-state index >= 15 is 0 Å². The lowest BCUT2D eigenvalue weighted by Gasteiger charge is -2.47. The first-order valence-electron chi connectivity index (χ1n) is 13.0. The fourth-order valence-corrected chi connectivity index (χ4v) is 5.70. The van der Waals surface area contributed by atoms with Gasteiger partial charge in [0.2, 0.25) is 11.8 Å². The number of nitrogens with zero attached hydrogens (tertiary/aromatic N) is 1. The van der Waals surface area contributed by atoms with Crippen LogP contribution < -0.4 is 10.6 Å². The molecule has 0 saturated carbocycles. The Hall–Kier alpha value is -2.20. The Kier molecular flexibility index (Phi) is 13.3. The summed E-state index contributed by atoms with van der Waals surface area (Å²) in [5.74, 6) is -7.07. The van der Waals surface area contributed by atoms with Crippen LogP contribution in [0.1, 0.15) is 68.2 Å². The molecule has 0 spiro atoms. The van der Waals surface area contributed by atoms with Gasteiger partial charge in [0.25, 0.3) is 0 Å². The number of likely N-dealkylation sites (N-methyl/N-ethyl adjacent to an activating group) is 1. The highest BCUT2D eigenvalue weighted by Crippen LogP contribution is 2.51. The summed E-state index contributed by atoms with van der Waals surface area (Å²) < 4.78 is 0. The monoisotopic (exact) mass is 529 g/mol. The summed E-state index contributed by atoms with van der Waals surface area (Å²) in [5, 5.41) is 34.9. The summed E-state index contributed by atoms with van der Waals surface area (Å²) >= 11 is 0. The molecule has 216 valence electrons. The molecule has 0 radical (unpaired) electrons. The number of carbonyl (C=O) groups excluding carboxylic acids is 2. The molecule has 0 saturated heterocycles. The predicted molar refractivity (Wildman–Crippen MR) is 143 cm³/mol. The van der Waals surface area contributed by atoms with Gasteiger partial charge in [-0.2, -0.15) is 0 Å². The number of carbonyl (C=O) groups is 4. The van der Waals surface area contributed by atoms with Crippen molar-refractivity contribution in [2.24, 2.45) is 39.9 Å². The molecule has 4 atom stereocenters. The van der Waals surface area contributed by atoms with Crippen molar-refractivity contribution in [3.63, 3.8) is 0 Å². The van der Waals surface area contributed by atoms with E-state index < -0.39 is 63.7 Å². The third-order valence-corrected chi connectivity index (χ3v) is 7.67. The maximum absolute atomic E-state index is 13.3. The van der Waals surface area contributed by atoms with Crippen molar-refractivity contribution in [2.75, 3.05) is 40.3 Å². The van der Waals surface area contributed by atoms with E-state index in [9.17, 15) is 34.5 Å². The fourth-order valence-electron chi connectivity index (χ4n) is 5.70. The van der Waals surface area contributed by atoms with Crippen LogP contribution in [-0.4, -0.2) is 84.3 Å². The second-order valence-corrected chi connectivity index (χ2v) is 12.5. The molecule has 0 aliphatic heterocycles. The first kappa shape index (κ1) is 34.8. The van der Waals surface area contributed by atoms with Crippen molar-refractivity contribution in [3.05, 3.63) is 0 Å². The van der Waals surface area contributed by atoms with E-state index in [1.165, 1.54) is 6.92 Å². The second kappa shape index (κ2) is 14.1. The lowest BCUT2D eigenvalue weighted by Crippen LogP contribution is -2.53. The van der Waals surface area contributed by atoms with E-state index in [0.29, 0.717) is 19.5 Å². The number of hydrogen-bond acceptors (Lipinski definition) is 6. The zero-order valence-electron chi connectivity index (χ0n) is 24.5. The largest absolute Gasteiger partial charge is 0.481 e. The van der Waals surface area contributed by atoms with Crippen LogP contribution in [0, 0.1) is 39.9 Å². The molecule has 0 bridgehead atoms. The number of aliphatic carboxylic acids is 2. The summed E-state index contributed by atoms with van der Waals surface area (Å²) in [6, 6.07) is 0. The molecule has 0 aliphatic carbocycles. The molecule has 2 amide bonds. The molecule has 37 heavy (non-hydrogen) atoms. The van der Waals surface area contributed by atoms with Crippen LogP contribution >= 0.6 is 0 Å². The smallest absolute Gasteiger partial charge is 0.307 e. The van der Waals surface area contributed by atoms with Gasteiger partial charge in [0.05, 0.1) is 30.3 Å². The molecule has 0 rings (SSSR count). The zero-order valence-corrected chi connectivity index (χ0v) is 24.5. The van der Waals surface area contributed by atoms with Gasteiger partial charge in [0, 0.05) is 19.6 Å². The SMILES string of the molecule is CCC(C)(C)C(C(=O)NCCO)C(C(=O)O)C(C)(C)CC(C)(C)C(C(=O)NCCN(C)C)C(C)C(=O)O. The number of carboxylic acids is 2. The Labute approximate surface area is 222 Å².